The summed E-state index contributed by atoms with van der Waals surface area (Å²) >= 11 is 3.72. The normalized spacial score (nSPS) is 11.3. The average molecular weight is 272 g/mol. The molecule has 0 aromatic heterocycles. The zero-order valence-corrected chi connectivity index (χ0v) is 6.94. The Morgan fingerprint density at radius 1 is 1.22 bits per heavy atom. The minimum atomic E-state index is -3.66. The van der Waals surface area contributed by atoms with Crippen molar-refractivity contribution in [1.82, 2.24) is 0 Å². The van der Waals surface area contributed by atoms with Crippen LogP contribution in [0.25, 0.3) is 0 Å². The van der Waals surface area contributed by atoms with Gasteiger partial charge in [-0.15, -0.1) is 0 Å². The van der Waals surface area contributed by atoms with E-state index in [0.29, 0.717) is 0 Å². The monoisotopic (exact) mass is 270 g/mol. The lowest BCUT2D eigenvalue weighted by molar-refractivity contribution is 0.160. The Bertz CT molecular complexity index is 131. The Hall–Kier alpha value is 0.420. The molecule has 54 valence electrons. The summed E-state index contributed by atoms with van der Waals surface area (Å²) in [4.78, 5) is -3.66. The first-order chi connectivity index (χ1) is 3.85. The Morgan fingerprint density at radius 2 is 1.56 bits per heavy atom. The molecule has 0 saturated heterocycles. The van der Waals surface area contributed by atoms with Crippen molar-refractivity contribution in [2.24, 2.45) is 0 Å². The van der Waals surface area contributed by atoms with Gasteiger partial charge in [-0.3, -0.25) is 0 Å². The summed E-state index contributed by atoms with van der Waals surface area (Å²) in [6, 6.07) is 0. The van der Waals surface area contributed by atoms with Crippen LogP contribution in [0, 0.1) is 0 Å². The van der Waals surface area contributed by atoms with Gasteiger partial charge in [0.05, 0.1) is 0 Å². The van der Waals surface area contributed by atoms with Gasteiger partial charge in [0.2, 0.25) is 0 Å². The van der Waals surface area contributed by atoms with Gasteiger partial charge in [0, 0.05) is 0 Å². The third-order valence-electron chi connectivity index (χ3n) is 0.415. The fourth-order valence-electron chi connectivity index (χ4n) is 0.107. The van der Waals surface area contributed by atoms with Crippen LogP contribution >= 0.6 is 31.9 Å². The molecule has 0 unspecified atom stereocenters. The van der Waals surface area contributed by atoms with Crippen LogP contribution in [0.4, 0.5) is 17.6 Å². The highest BCUT2D eigenvalue weighted by atomic mass is 79.9. The maximum absolute atomic E-state index is 11.7. The molecule has 0 aromatic rings. The minimum Gasteiger partial charge on any atom is -0.187 e. The summed E-state index contributed by atoms with van der Waals surface area (Å²) in [7, 11) is 0. The van der Waals surface area contributed by atoms with Crippen LogP contribution in [0.5, 0.6) is 0 Å². The quantitative estimate of drug-likeness (QED) is 0.506. The van der Waals surface area contributed by atoms with Gasteiger partial charge >= 0.3 is 4.83 Å². The molecule has 0 rings (SSSR count). The fourth-order valence-corrected chi connectivity index (χ4v) is 0.257. The van der Waals surface area contributed by atoms with Crippen LogP contribution in [-0.2, 0) is 0 Å². The third-order valence-corrected chi connectivity index (χ3v) is 2.14. The first kappa shape index (κ1) is 9.42. The Labute approximate surface area is 65.2 Å². The van der Waals surface area contributed by atoms with Crippen molar-refractivity contribution in [3.05, 3.63) is 10.6 Å². The molecule has 0 spiro atoms. The van der Waals surface area contributed by atoms with Crippen LogP contribution in [0.2, 0.25) is 0 Å². The summed E-state index contributed by atoms with van der Waals surface area (Å²) in [5.41, 5.74) is 0. The molecule has 0 aliphatic heterocycles. The molecule has 0 bridgehead atoms. The highest BCUT2D eigenvalue weighted by molar-refractivity contribution is 9.14. The van der Waals surface area contributed by atoms with Crippen LogP contribution < -0.4 is 0 Å². The minimum absolute atomic E-state index is 1.44. The van der Waals surface area contributed by atoms with Gasteiger partial charge in [-0.25, -0.2) is 0 Å². The third kappa shape index (κ3) is 3.20. The Morgan fingerprint density at radius 3 is 1.56 bits per heavy atom. The van der Waals surface area contributed by atoms with E-state index in [1.54, 1.807) is 15.9 Å². The van der Waals surface area contributed by atoms with Crippen LogP contribution in [-0.4, -0.2) is 4.83 Å². The average Bonchev–Trinajstić information content (AvgIpc) is 1.62. The molecule has 0 aliphatic carbocycles. The van der Waals surface area contributed by atoms with E-state index in [0.717, 1.165) is 0 Å². The van der Waals surface area contributed by atoms with Gasteiger partial charge in [0.1, 0.15) is 4.48 Å². The lowest BCUT2D eigenvalue weighted by atomic mass is 10.6. The first-order valence-electron chi connectivity index (χ1n) is 1.63. The van der Waals surface area contributed by atoms with Crippen LogP contribution in [0.1, 0.15) is 0 Å². The van der Waals surface area contributed by atoms with E-state index in [-0.39, 0.29) is 0 Å². The largest absolute Gasteiger partial charge is 0.338 e. The molecule has 6 heteroatoms. The predicted octanol–water partition coefficient (Wildman–Crippen LogP) is 3.48. The van der Waals surface area contributed by atoms with E-state index in [9.17, 15) is 17.6 Å². The maximum Gasteiger partial charge on any atom is 0.338 e. The number of rotatable bonds is 1. The van der Waals surface area contributed by atoms with E-state index in [2.05, 4.69) is 0 Å². The Balaban J connectivity index is 4.40. The van der Waals surface area contributed by atoms with Gasteiger partial charge in [-0.2, -0.15) is 17.6 Å². The zero-order chi connectivity index (χ0) is 7.65. The zero-order valence-electron chi connectivity index (χ0n) is 3.77. The predicted molar refractivity (Wildman–Crippen MR) is 32.0 cm³/mol. The Kier molecular flexibility index (Phi) is 3.15. The summed E-state index contributed by atoms with van der Waals surface area (Å²) in [5, 5.41) is 0. The van der Waals surface area contributed by atoms with Crippen molar-refractivity contribution in [1.29, 1.82) is 0 Å². The molecule has 0 radical (unpaired) electrons. The summed E-state index contributed by atoms with van der Waals surface area (Å²) in [6.45, 7) is 0. The molecule has 0 atom stereocenters. The SMILES string of the molecule is FC(F)=C(Br)C(F)(F)Br. The van der Waals surface area contributed by atoms with Crippen molar-refractivity contribution < 1.29 is 17.6 Å². The van der Waals surface area contributed by atoms with Gasteiger partial charge in [0.25, 0.3) is 6.08 Å². The number of alkyl halides is 3. The molecule has 0 aromatic carbocycles. The summed E-state index contributed by atoms with van der Waals surface area (Å²) in [5.74, 6) is 0. The van der Waals surface area contributed by atoms with E-state index in [1.807, 2.05) is 15.9 Å². The lowest BCUT2D eigenvalue weighted by Gasteiger charge is -2.03. The maximum atomic E-state index is 11.7. The standard InChI is InChI=1S/C3Br2F4/c4-1(2(6)7)3(5,8)9. The number of halogens is 6. The van der Waals surface area contributed by atoms with Crippen molar-refractivity contribution in [2.45, 2.75) is 4.83 Å². The molecule has 0 fully saturated rings. The molecule has 0 heterocycles. The highest BCUT2D eigenvalue weighted by Crippen LogP contribution is 2.37. The van der Waals surface area contributed by atoms with E-state index in [4.69, 9.17) is 0 Å². The van der Waals surface area contributed by atoms with Crippen LogP contribution in [0.15, 0.2) is 10.6 Å². The topological polar surface area (TPSA) is 0 Å². The van der Waals surface area contributed by atoms with Crippen LogP contribution in [0.3, 0.4) is 0 Å². The second-order valence-corrected chi connectivity index (χ2v) is 2.86. The van der Waals surface area contributed by atoms with Gasteiger partial charge in [0.15, 0.2) is 0 Å². The smallest absolute Gasteiger partial charge is 0.187 e. The van der Waals surface area contributed by atoms with Crippen molar-refractivity contribution >= 4 is 31.9 Å². The number of hydrogen-bond donors (Lipinski definition) is 0. The van der Waals surface area contributed by atoms with Crippen molar-refractivity contribution in [3.8, 4) is 0 Å². The molecule has 0 saturated carbocycles. The first-order valence-corrected chi connectivity index (χ1v) is 3.22. The van der Waals surface area contributed by atoms with E-state index in [1.165, 1.54) is 0 Å². The summed E-state index contributed by atoms with van der Waals surface area (Å²) < 4.78 is 44.5. The highest BCUT2D eigenvalue weighted by Gasteiger charge is 2.32. The molecule has 0 N–H and O–H groups in total. The molecule has 0 amide bonds. The molecular weight excluding hydrogens is 272 g/mol. The van der Waals surface area contributed by atoms with Gasteiger partial charge in [-0.05, 0) is 31.9 Å². The summed E-state index contributed by atoms with van der Waals surface area (Å²) in [6.07, 6.45) is -2.43. The molecule has 0 aliphatic rings. The van der Waals surface area contributed by atoms with Crippen molar-refractivity contribution in [2.75, 3.05) is 0 Å². The van der Waals surface area contributed by atoms with E-state index >= 15 is 0 Å². The van der Waals surface area contributed by atoms with Crippen molar-refractivity contribution in [3.63, 3.8) is 0 Å². The van der Waals surface area contributed by atoms with Gasteiger partial charge in [-0.1, -0.05) is 0 Å². The fraction of sp³-hybridized carbons (Fsp3) is 0.333. The number of allylic oxidation sites excluding steroid dienone is 1. The second kappa shape index (κ2) is 3.01. The molecular formula is C3Br2F4. The number of hydrogen-bond acceptors (Lipinski definition) is 0. The van der Waals surface area contributed by atoms with Gasteiger partial charge < -0.3 is 0 Å². The molecule has 0 nitrogen and oxygen atoms in total. The molecule has 9 heavy (non-hydrogen) atoms. The lowest BCUT2D eigenvalue weighted by Crippen LogP contribution is -2.04. The van der Waals surface area contributed by atoms with E-state index < -0.39 is 15.4 Å². The second-order valence-electron chi connectivity index (χ2n) is 1.07.